The van der Waals surface area contributed by atoms with E-state index in [-0.39, 0.29) is 19.8 Å². The van der Waals surface area contributed by atoms with E-state index >= 15 is 0 Å². The normalized spacial score (nSPS) is 29.7. The molecule has 0 aromatic heterocycles. The Kier molecular flexibility index (Phi) is 13.7. The lowest BCUT2D eigenvalue weighted by molar-refractivity contribution is -0.351. The Morgan fingerprint density at radius 2 is 1.28 bits per heavy atom. The Hall–Kier alpha value is -3.92. The highest BCUT2D eigenvalue weighted by atomic mass is 16.7. The zero-order chi connectivity index (χ0) is 35.5. The van der Waals surface area contributed by atoms with Gasteiger partial charge in [0.2, 0.25) is 0 Å². The van der Waals surface area contributed by atoms with E-state index in [1.807, 2.05) is 91.0 Å². The van der Waals surface area contributed by atoms with Crippen molar-refractivity contribution in [3.63, 3.8) is 0 Å². The van der Waals surface area contributed by atoms with Gasteiger partial charge in [-0.25, -0.2) is 4.79 Å². The number of carboxylic acid groups (broad SMARTS) is 1. The van der Waals surface area contributed by atoms with Crippen LogP contribution in [0, 0.1) is 0 Å². The van der Waals surface area contributed by atoms with E-state index in [0.29, 0.717) is 0 Å². The summed E-state index contributed by atoms with van der Waals surface area (Å²) in [6.07, 6.45) is -12.3. The molecule has 3 N–H and O–H groups in total. The predicted octanol–water partition coefficient (Wildman–Crippen LogP) is 4.12. The predicted molar refractivity (Wildman–Crippen MR) is 177 cm³/mol. The third-order valence-electron chi connectivity index (χ3n) is 8.29. The Morgan fingerprint density at radius 3 is 1.74 bits per heavy atom. The van der Waals surface area contributed by atoms with E-state index < -0.39 is 80.0 Å². The number of ether oxygens (including phenoxy) is 7. The largest absolute Gasteiger partial charge is 0.479 e. The summed E-state index contributed by atoms with van der Waals surface area (Å²) in [5, 5.41) is 36.3. The molecule has 268 valence electrons. The van der Waals surface area contributed by atoms with Crippen molar-refractivity contribution >= 4 is 5.97 Å². The van der Waals surface area contributed by atoms with Crippen LogP contribution in [0.4, 0.5) is 0 Å². The molecule has 5 rings (SSSR count). The molecule has 50 heavy (non-hydrogen) atoms. The average molecular weight is 694 g/mol. The van der Waals surface area contributed by atoms with Crippen molar-refractivity contribution in [3.05, 3.63) is 118 Å². The summed E-state index contributed by atoms with van der Waals surface area (Å²) >= 11 is 0. The number of aliphatic carboxylic acids is 1. The van der Waals surface area contributed by atoms with Gasteiger partial charge in [-0.2, -0.15) is 0 Å². The van der Waals surface area contributed by atoms with Crippen LogP contribution in [0.15, 0.2) is 96.1 Å². The Morgan fingerprint density at radius 1 is 0.780 bits per heavy atom. The van der Waals surface area contributed by atoms with E-state index in [1.54, 1.807) is 13.8 Å². The Labute approximate surface area is 290 Å². The maximum absolute atomic E-state index is 12.7. The van der Waals surface area contributed by atoms with Crippen molar-refractivity contribution in [2.75, 3.05) is 6.61 Å². The summed E-state index contributed by atoms with van der Waals surface area (Å²) in [4.78, 5) is 15.7. The first-order valence-corrected chi connectivity index (χ1v) is 16.4. The maximum Gasteiger partial charge on any atom is 0.335 e. The fourth-order valence-corrected chi connectivity index (χ4v) is 5.93. The van der Waals surface area contributed by atoms with Crippen LogP contribution in [-0.4, -0.2) is 95.3 Å². The molecule has 14 heteroatoms. The Bertz CT molecular complexity index is 1510. The van der Waals surface area contributed by atoms with Gasteiger partial charge in [0.15, 0.2) is 18.7 Å². The number of hydrogen-bond acceptors (Lipinski definition) is 11. The first kappa shape index (κ1) is 37.3. The first-order chi connectivity index (χ1) is 24.3. The fourth-order valence-electron chi connectivity index (χ4n) is 5.93. The van der Waals surface area contributed by atoms with Gasteiger partial charge in [-0.05, 0) is 36.1 Å². The minimum Gasteiger partial charge on any atom is -0.479 e. The number of carboxylic acids is 1. The molecule has 2 saturated heterocycles. The zero-order valence-electron chi connectivity index (χ0n) is 27.8. The van der Waals surface area contributed by atoms with Crippen molar-refractivity contribution in [2.24, 2.45) is 5.11 Å². The van der Waals surface area contributed by atoms with Gasteiger partial charge >= 0.3 is 5.97 Å². The lowest BCUT2D eigenvalue weighted by Gasteiger charge is -2.48. The third kappa shape index (κ3) is 9.65. The highest BCUT2D eigenvalue weighted by molar-refractivity contribution is 5.73. The van der Waals surface area contributed by atoms with Crippen LogP contribution in [0.1, 0.15) is 30.5 Å². The van der Waals surface area contributed by atoms with Gasteiger partial charge in [-0.1, -0.05) is 96.1 Å². The molecule has 0 aliphatic carbocycles. The number of aliphatic hydroxyl groups is 2. The van der Waals surface area contributed by atoms with Crippen molar-refractivity contribution in [3.8, 4) is 0 Å². The summed E-state index contributed by atoms with van der Waals surface area (Å²) in [7, 11) is 0. The third-order valence-corrected chi connectivity index (χ3v) is 8.29. The quantitative estimate of drug-likeness (QED) is 0.111. The smallest absolute Gasteiger partial charge is 0.335 e. The lowest BCUT2D eigenvalue weighted by atomic mass is 9.95. The maximum atomic E-state index is 12.7. The van der Waals surface area contributed by atoms with Crippen LogP contribution in [0.2, 0.25) is 0 Å². The van der Waals surface area contributed by atoms with E-state index in [0.717, 1.165) is 16.7 Å². The second-order valence-corrected chi connectivity index (χ2v) is 12.2. The second kappa shape index (κ2) is 18.4. The topological polar surface area (TPSA) is 191 Å². The van der Waals surface area contributed by atoms with Gasteiger partial charge in [0, 0.05) is 4.91 Å². The molecule has 0 saturated carbocycles. The van der Waals surface area contributed by atoms with Crippen molar-refractivity contribution in [1.82, 2.24) is 0 Å². The molecule has 10 atom stereocenters. The number of rotatable bonds is 16. The molecule has 0 unspecified atom stereocenters. The summed E-state index contributed by atoms with van der Waals surface area (Å²) < 4.78 is 42.8. The van der Waals surface area contributed by atoms with Gasteiger partial charge in [0.05, 0.1) is 32.5 Å². The number of aliphatic hydroxyl groups excluding tert-OH is 2. The molecule has 0 bridgehead atoms. The van der Waals surface area contributed by atoms with Gasteiger partial charge in [0.25, 0.3) is 0 Å². The SMILES string of the molecule is CC(C)O[C@@H]1O[C@@H](C(=O)O)[C@@H](O[C@H]2O[C@H](CO)[C@@H](OCc3ccccc3)[C@H](OCc3ccccc3)[C@H]2N=[N+]=[N-])[C@H](OCc2ccccc2)[C@H]1O. The molecular formula is C36H43N3O11. The monoisotopic (exact) mass is 693 g/mol. The van der Waals surface area contributed by atoms with E-state index in [4.69, 9.17) is 33.2 Å². The van der Waals surface area contributed by atoms with Crippen LogP contribution in [0.25, 0.3) is 10.4 Å². The molecule has 2 heterocycles. The molecule has 0 amide bonds. The molecule has 3 aromatic rings. The lowest BCUT2D eigenvalue weighted by Crippen LogP contribution is -2.66. The summed E-state index contributed by atoms with van der Waals surface area (Å²) in [5.41, 5.74) is 12.1. The van der Waals surface area contributed by atoms with Crippen LogP contribution >= 0.6 is 0 Å². The highest BCUT2D eigenvalue weighted by Gasteiger charge is 2.55. The minimum absolute atomic E-state index is 0.00799. The van der Waals surface area contributed by atoms with E-state index in [1.165, 1.54) is 0 Å². The van der Waals surface area contributed by atoms with Gasteiger partial charge in [0.1, 0.15) is 42.7 Å². The number of carbonyl (C=O) groups is 1. The molecule has 3 aromatic carbocycles. The van der Waals surface area contributed by atoms with Crippen LogP contribution < -0.4 is 0 Å². The van der Waals surface area contributed by atoms with Gasteiger partial charge < -0.3 is 48.5 Å². The average Bonchev–Trinajstić information content (AvgIpc) is 3.12. The molecule has 2 aliphatic rings. The van der Waals surface area contributed by atoms with E-state index in [2.05, 4.69) is 10.0 Å². The Balaban J connectivity index is 1.47. The highest BCUT2D eigenvalue weighted by Crippen LogP contribution is 2.35. The van der Waals surface area contributed by atoms with Crippen LogP contribution in [0.3, 0.4) is 0 Å². The van der Waals surface area contributed by atoms with Crippen molar-refractivity contribution < 1.29 is 53.3 Å². The number of hydrogen-bond donors (Lipinski definition) is 3. The molecule has 2 aliphatic heterocycles. The number of nitrogens with zero attached hydrogens (tertiary/aromatic N) is 3. The van der Waals surface area contributed by atoms with Crippen molar-refractivity contribution in [1.29, 1.82) is 0 Å². The van der Waals surface area contributed by atoms with Crippen molar-refractivity contribution in [2.45, 2.75) is 101 Å². The number of azide groups is 1. The summed E-state index contributed by atoms with van der Waals surface area (Å²) in [5.74, 6) is -1.41. The molecule has 2 fully saturated rings. The second-order valence-electron chi connectivity index (χ2n) is 12.2. The first-order valence-electron chi connectivity index (χ1n) is 16.4. The zero-order valence-corrected chi connectivity index (χ0v) is 27.8. The summed E-state index contributed by atoms with van der Waals surface area (Å²) in [6.45, 7) is 3.09. The van der Waals surface area contributed by atoms with Gasteiger partial charge in [-0.3, -0.25) is 0 Å². The number of benzene rings is 3. The van der Waals surface area contributed by atoms with Crippen LogP contribution in [0.5, 0.6) is 0 Å². The van der Waals surface area contributed by atoms with E-state index in [9.17, 15) is 25.6 Å². The molecule has 14 nitrogen and oxygen atoms in total. The fraction of sp³-hybridized carbons (Fsp3) is 0.472. The standard InChI is InChI=1S/C36H43N3O11/c1-22(2)47-36-28(41)31(46-21-25-16-10-5-11-17-25)32(33(50-36)34(42)43)49-35-27(38-39-37)30(45-20-24-14-8-4-9-15-24)29(26(18-40)48-35)44-19-23-12-6-3-7-13-23/h3-17,22,26-33,35-36,40-41H,18-21H2,1-2H3,(H,42,43)/t26-,27-,28-,29-,30-,31-,32+,33-,35-,36-/m1/s1. The van der Waals surface area contributed by atoms with Crippen LogP contribution in [-0.2, 0) is 57.8 Å². The summed E-state index contributed by atoms with van der Waals surface area (Å²) in [6, 6.07) is 26.5. The minimum atomic E-state index is -1.71. The van der Waals surface area contributed by atoms with Gasteiger partial charge in [-0.15, -0.1) is 0 Å². The molecule has 0 radical (unpaired) electrons. The molecule has 0 spiro atoms. The molecular weight excluding hydrogens is 650 g/mol.